The third-order valence-corrected chi connectivity index (χ3v) is 4.53. The summed E-state index contributed by atoms with van der Waals surface area (Å²) in [4.78, 5) is 9.57. The van der Waals surface area contributed by atoms with E-state index >= 15 is 0 Å². The van der Waals surface area contributed by atoms with Crippen LogP contribution in [-0.2, 0) is 23.2 Å². The second kappa shape index (κ2) is 6.19. The Hall–Kier alpha value is -1.00. The Morgan fingerprint density at radius 2 is 2.10 bits per heavy atom. The first-order valence-corrected chi connectivity index (χ1v) is 7.75. The molecule has 0 aliphatic heterocycles. The van der Waals surface area contributed by atoms with Gasteiger partial charge < -0.3 is 10.5 Å². The molecule has 4 nitrogen and oxygen atoms in total. The van der Waals surface area contributed by atoms with E-state index in [9.17, 15) is 0 Å². The van der Waals surface area contributed by atoms with Gasteiger partial charge in [-0.2, -0.15) is 0 Å². The number of nitrogens with two attached hydrogens (primary N) is 1. The standard InChI is InChI=1S/C16H27N3O/c1-5-16(4,20-6-2)15-18-11(3)13-9-12(10-17)7-8-14(13)19-15/h12H,5-10,17H2,1-4H3. The van der Waals surface area contributed by atoms with Crippen molar-refractivity contribution >= 4 is 0 Å². The minimum atomic E-state index is -0.376. The summed E-state index contributed by atoms with van der Waals surface area (Å²) in [7, 11) is 0. The van der Waals surface area contributed by atoms with E-state index < -0.39 is 0 Å². The lowest BCUT2D eigenvalue weighted by atomic mass is 9.85. The van der Waals surface area contributed by atoms with E-state index in [-0.39, 0.29) is 5.60 Å². The fraction of sp³-hybridized carbons (Fsp3) is 0.750. The molecule has 0 bridgehead atoms. The summed E-state index contributed by atoms with van der Waals surface area (Å²) in [5.41, 5.74) is 9.05. The first-order chi connectivity index (χ1) is 9.54. The number of aryl methyl sites for hydroxylation is 2. The highest BCUT2D eigenvalue weighted by molar-refractivity contribution is 5.29. The summed E-state index contributed by atoms with van der Waals surface area (Å²) >= 11 is 0. The predicted octanol–water partition coefficient (Wildman–Crippen LogP) is 2.51. The number of fused-ring (bicyclic) bond motifs is 1. The fourth-order valence-electron chi connectivity index (χ4n) is 2.94. The van der Waals surface area contributed by atoms with Gasteiger partial charge in [-0.05, 0) is 64.5 Å². The lowest BCUT2D eigenvalue weighted by Crippen LogP contribution is -2.31. The molecule has 1 heterocycles. The van der Waals surface area contributed by atoms with E-state index in [1.165, 1.54) is 11.3 Å². The van der Waals surface area contributed by atoms with Gasteiger partial charge in [0.15, 0.2) is 5.82 Å². The predicted molar refractivity (Wildman–Crippen MR) is 80.6 cm³/mol. The highest BCUT2D eigenvalue weighted by Gasteiger charge is 2.31. The Labute approximate surface area is 122 Å². The molecule has 20 heavy (non-hydrogen) atoms. The molecule has 2 atom stereocenters. The highest BCUT2D eigenvalue weighted by Crippen LogP contribution is 2.31. The minimum Gasteiger partial charge on any atom is -0.368 e. The monoisotopic (exact) mass is 277 g/mol. The normalized spacial score (nSPS) is 21.4. The van der Waals surface area contributed by atoms with Gasteiger partial charge in [0.2, 0.25) is 0 Å². The third kappa shape index (κ3) is 2.86. The molecule has 0 spiro atoms. The van der Waals surface area contributed by atoms with Crippen molar-refractivity contribution in [1.82, 2.24) is 9.97 Å². The van der Waals surface area contributed by atoms with Crippen molar-refractivity contribution in [2.24, 2.45) is 11.7 Å². The molecule has 4 heteroatoms. The van der Waals surface area contributed by atoms with Gasteiger partial charge >= 0.3 is 0 Å². The van der Waals surface area contributed by atoms with Gasteiger partial charge in [-0.25, -0.2) is 9.97 Å². The molecule has 2 N–H and O–H groups in total. The third-order valence-electron chi connectivity index (χ3n) is 4.53. The van der Waals surface area contributed by atoms with Crippen LogP contribution in [0.3, 0.4) is 0 Å². The van der Waals surface area contributed by atoms with Crippen LogP contribution in [0, 0.1) is 12.8 Å². The molecule has 0 saturated carbocycles. The van der Waals surface area contributed by atoms with Crippen molar-refractivity contribution < 1.29 is 4.74 Å². The van der Waals surface area contributed by atoms with Crippen molar-refractivity contribution in [2.45, 2.75) is 59.0 Å². The van der Waals surface area contributed by atoms with Gasteiger partial charge in [0.1, 0.15) is 5.60 Å². The van der Waals surface area contributed by atoms with Gasteiger partial charge in [-0.15, -0.1) is 0 Å². The largest absolute Gasteiger partial charge is 0.368 e. The number of hydrogen-bond donors (Lipinski definition) is 1. The van der Waals surface area contributed by atoms with Crippen molar-refractivity contribution in [3.63, 3.8) is 0 Å². The maximum Gasteiger partial charge on any atom is 0.160 e. The summed E-state index contributed by atoms with van der Waals surface area (Å²) in [5, 5.41) is 0. The Kier molecular flexibility index (Phi) is 4.76. The average molecular weight is 277 g/mol. The van der Waals surface area contributed by atoms with Crippen molar-refractivity contribution in [2.75, 3.05) is 13.2 Å². The van der Waals surface area contributed by atoms with Crippen molar-refractivity contribution in [3.05, 3.63) is 22.8 Å². The van der Waals surface area contributed by atoms with Gasteiger partial charge in [0.05, 0.1) is 0 Å². The molecular formula is C16H27N3O. The summed E-state index contributed by atoms with van der Waals surface area (Å²) in [6.07, 6.45) is 4.05. The summed E-state index contributed by atoms with van der Waals surface area (Å²) in [6, 6.07) is 0. The molecule has 1 aliphatic carbocycles. The van der Waals surface area contributed by atoms with E-state index in [2.05, 4.69) is 20.8 Å². The zero-order valence-corrected chi connectivity index (χ0v) is 13.2. The maximum atomic E-state index is 5.91. The fourth-order valence-corrected chi connectivity index (χ4v) is 2.94. The second-order valence-electron chi connectivity index (χ2n) is 5.92. The molecule has 0 aromatic carbocycles. The molecule has 0 radical (unpaired) electrons. The Morgan fingerprint density at radius 3 is 2.70 bits per heavy atom. The molecular weight excluding hydrogens is 250 g/mol. The van der Waals surface area contributed by atoms with Gasteiger partial charge in [0, 0.05) is 18.0 Å². The van der Waals surface area contributed by atoms with E-state index in [1.54, 1.807) is 0 Å². The lowest BCUT2D eigenvalue weighted by Gasteiger charge is -2.30. The summed E-state index contributed by atoms with van der Waals surface area (Å²) in [5.74, 6) is 1.42. The van der Waals surface area contributed by atoms with Crippen LogP contribution in [0.4, 0.5) is 0 Å². The number of hydrogen-bond acceptors (Lipinski definition) is 4. The smallest absolute Gasteiger partial charge is 0.160 e. The van der Waals surface area contributed by atoms with Gasteiger partial charge in [-0.3, -0.25) is 0 Å². The Morgan fingerprint density at radius 1 is 1.35 bits per heavy atom. The Bertz CT molecular complexity index is 475. The van der Waals surface area contributed by atoms with E-state index in [4.69, 9.17) is 20.4 Å². The highest BCUT2D eigenvalue weighted by atomic mass is 16.5. The van der Waals surface area contributed by atoms with Crippen molar-refractivity contribution in [1.29, 1.82) is 0 Å². The molecule has 2 unspecified atom stereocenters. The van der Waals surface area contributed by atoms with Crippen LogP contribution in [0.15, 0.2) is 0 Å². The first kappa shape index (κ1) is 15.4. The molecule has 0 amide bonds. The topological polar surface area (TPSA) is 61.0 Å². The molecule has 0 fully saturated rings. The summed E-state index contributed by atoms with van der Waals surface area (Å²) in [6.45, 7) is 9.75. The van der Waals surface area contributed by atoms with E-state index in [1.807, 2.05) is 6.92 Å². The second-order valence-corrected chi connectivity index (χ2v) is 5.92. The molecule has 0 saturated heterocycles. The molecule has 1 aromatic rings. The number of ether oxygens (including phenoxy) is 1. The van der Waals surface area contributed by atoms with E-state index in [0.717, 1.165) is 43.7 Å². The number of aromatic nitrogens is 2. The van der Waals surface area contributed by atoms with Crippen LogP contribution in [-0.4, -0.2) is 23.1 Å². The molecule has 1 aliphatic rings. The van der Waals surface area contributed by atoms with Crippen LogP contribution in [0.5, 0.6) is 0 Å². The summed E-state index contributed by atoms with van der Waals surface area (Å²) < 4.78 is 5.91. The average Bonchev–Trinajstić information content (AvgIpc) is 2.47. The first-order valence-electron chi connectivity index (χ1n) is 7.75. The van der Waals surface area contributed by atoms with Gasteiger partial charge in [0.25, 0.3) is 0 Å². The zero-order chi connectivity index (χ0) is 14.8. The lowest BCUT2D eigenvalue weighted by molar-refractivity contribution is -0.0393. The van der Waals surface area contributed by atoms with E-state index in [0.29, 0.717) is 12.5 Å². The Balaban J connectivity index is 2.37. The minimum absolute atomic E-state index is 0.376. The van der Waals surface area contributed by atoms with Gasteiger partial charge in [-0.1, -0.05) is 6.92 Å². The van der Waals surface area contributed by atoms with Crippen LogP contribution in [0.25, 0.3) is 0 Å². The molecule has 112 valence electrons. The number of rotatable bonds is 5. The van der Waals surface area contributed by atoms with Crippen LogP contribution in [0.1, 0.15) is 56.4 Å². The number of nitrogens with zero attached hydrogens (tertiary/aromatic N) is 2. The molecule has 2 rings (SSSR count). The van der Waals surface area contributed by atoms with Crippen molar-refractivity contribution in [3.8, 4) is 0 Å². The quantitative estimate of drug-likeness (QED) is 0.898. The SMILES string of the molecule is CCOC(C)(CC)c1nc(C)c2c(n1)CCC(CN)C2. The zero-order valence-electron chi connectivity index (χ0n) is 13.2. The van der Waals surface area contributed by atoms with Crippen LogP contribution < -0.4 is 5.73 Å². The van der Waals surface area contributed by atoms with Crippen LogP contribution >= 0.6 is 0 Å². The maximum absolute atomic E-state index is 5.91. The van der Waals surface area contributed by atoms with Crippen LogP contribution in [0.2, 0.25) is 0 Å². The molecule has 1 aromatic heterocycles.